The maximum Gasteiger partial charge on any atom is 0.407 e. The molecule has 0 aromatic carbocycles. The van der Waals surface area contributed by atoms with Gasteiger partial charge in [0.05, 0.1) is 24.5 Å². The molecule has 3 rings (SSSR count). The Balaban J connectivity index is 1.86. The summed E-state index contributed by atoms with van der Waals surface area (Å²) >= 11 is 0. The van der Waals surface area contributed by atoms with Crippen LogP contribution in [0.3, 0.4) is 0 Å². The molecular formula is C18H24N4O3. The van der Waals surface area contributed by atoms with Gasteiger partial charge in [0, 0.05) is 31.0 Å². The molecule has 1 atom stereocenters. The van der Waals surface area contributed by atoms with Gasteiger partial charge in [-0.2, -0.15) is 0 Å². The predicted octanol–water partition coefficient (Wildman–Crippen LogP) is 1.96. The van der Waals surface area contributed by atoms with Gasteiger partial charge >= 0.3 is 6.09 Å². The monoisotopic (exact) mass is 344 g/mol. The van der Waals surface area contributed by atoms with Gasteiger partial charge in [-0.25, -0.2) is 9.78 Å². The van der Waals surface area contributed by atoms with Crippen molar-refractivity contribution < 1.29 is 15.0 Å². The Morgan fingerprint density at radius 2 is 1.92 bits per heavy atom. The van der Waals surface area contributed by atoms with Crippen LogP contribution in [0.25, 0.3) is 5.82 Å². The number of aliphatic hydroxyl groups excluding tert-OH is 1. The number of rotatable bonds is 3. The van der Waals surface area contributed by atoms with Crippen LogP contribution >= 0.6 is 0 Å². The molecule has 1 aliphatic heterocycles. The number of hydrogen-bond acceptors (Lipinski definition) is 4. The summed E-state index contributed by atoms with van der Waals surface area (Å²) < 4.78 is 2.11. The molecule has 1 aliphatic rings. The fourth-order valence-corrected chi connectivity index (χ4v) is 3.50. The first-order chi connectivity index (χ1) is 11.9. The molecule has 1 amide bonds. The highest BCUT2D eigenvalue weighted by molar-refractivity contribution is 5.66. The summed E-state index contributed by atoms with van der Waals surface area (Å²) in [5.41, 5.74) is 4.33. The lowest BCUT2D eigenvalue weighted by molar-refractivity contribution is 0.0910. The van der Waals surface area contributed by atoms with Crippen molar-refractivity contribution >= 4 is 11.8 Å². The average Bonchev–Trinajstić information content (AvgIpc) is 2.92. The zero-order valence-corrected chi connectivity index (χ0v) is 14.8. The minimum atomic E-state index is -0.984. The summed E-state index contributed by atoms with van der Waals surface area (Å²) in [7, 11) is 0. The van der Waals surface area contributed by atoms with Crippen molar-refractivity contribution in [3.63, 3.8) is 0 Å². The van der Waals surface area contributed by atoms with E-state index in [4.69, 9.17) is 0 Å². The van der Waals surface area contributed by atoms with Crippen LogP contribution in [0.4, 0.5) is 10.5 Å². The van der Waals surface area contributed by atoms with Crippen LogP contribution in [-0.4, -0.2) is 63.0 Å². The molecule has 1 fully saturated rings. The summed E-state index contributed by atoms with van der Waals surface area (Å²) in [5, 5.41) is 18.8. The van der Waals surface area contributed by atoms with E-state index in [1.54, 1.807) is 0 Å². The molecule has 0 spiro atoms. The number of aryl methyl sites for hydroxylation is 3. The molecule has 0 unspecified atom stereocenters. The van der Waals surface area contributed by atoms with Crippen molar-refractivity contribution in [2.75, 3.05) is 31.1 Å². The zero-order valence-electron chi connectivity index (χ0n) is 14.8. The number of aromatic nitrogens is 2. The molecule has 0 saturated carbocycles. The second-order valence-electron chi connectivity index (χ2n) is 6.54. The van der Waals surface area contributed by atoms with E-state index in [1.165, 1.54) is 4.90 Å². The maximum atomic E-state index is 11.3. The van der Waals surface area contributed by atoms with Gasteiger partial charge < -0.3 is 19.7 Å². The lowest BCUT2D eigenvalue weighted by atomic mass is 10.1. The van der Waals surface area contributed by atoms with Gasteiger partial charge in [-0.05, 0) is 44.5 Å². The van der Waals surface area contributed by atoms with E-state index < -0.39 is 12.1 Å². The molecule has 0 aliphatic carbocycles. The van der Waals surface area contributed by atoms with Crippen molar-refractivity contribution in [3.8, 4) is 5.82 Å². The largest absolute Gasteiger partial charge is 0.465 e. The summed E-state index contributed by atoms with van der Waals surface area (Å²) in [6.07, 6.45) is 0.858. The lowest BCUT2D eigenvalue weighted by Gasteiger charge is -2.40. The first-order valence-corrected chi connectivity index (χ1v) is 8.39. The van der Waals surface area contributed by atoms with Gasteiger partial charge in [0.25, 0.3) is 0 Å². The van der Waals surface area contributed by atoms with Gasteiger partial charge in [-0.1, -0.05) is 0 Å². The van der Waals surface area contributed by atoms with E-state index in [9.17, 15) is 15.0 Å². The van der Waals surface area contributed by atoms with E-state index in [2.05, 4.69) is 40.4 Å². The SMILES string of the molecule is Cc1cc(-n2c(C)ccc2C)ncc1N1CCN(C(=O)O)[C@@H](CO)C1. The molecule has 2 N–H and O–H groups in total. The van der Waals surface area contributed by atoms with Gasteiger partial charge in [-0.3, -0.25) is 4.90 Å². The number of aliphatic hydroxyl groups is 1. The number of nitrogens with zero attached hydrogens (tertiary/aromatic N) is 4. The number of carbonyl (C=O) groups is 1. The molecule has 2 aromatic heterocycles. The molecule has 3 heterocycles. The van der Waals surface area contributed by atoms with Crippen LogP contribution in [0.2, 0.25) is 0 Å². The highest BCUT2D eigenvalue weighted by Crippen LogP contribution is 2.25. The Morgan fingerprint density at radius 3 is 2.48 bits per heavy atom. The number of pyridine rings is 1. The molecule has 25 heavy (non-hydrogen) atoms. The molecule has 7 heteroatoms. The Kier molecular flexibility index (Phi) is 4.67. The number of carboxylic acid groups (broad SMARTS) is 1. The Morgan fingerprint density at radius 1 is 1.24 bits per heavy atom. The first kappa shape index (κ1) is 17.3. The third-order valence-corrected chi connectivity index (χ3v) is 4.85. The van der Waals surface area contributed by atoms with Crippen molar-refractivity contribution in [2.24, 2.45) is 0 Å². The van der Waals surface area contributed by atoms with Gasteiger partial charge in [0.1, 0.15) is 5.82 Å². The quantitative estimate of drug-likeness (QED) is 0.889. The molecule has 7 nitrogen and oxygen atoms in total. The van der Waals surface area contributed by atoms with E-state index in [1.807, 2.05) is 19.2 Å². The molecule has 134 valence electrons. The topological polar surface area (TPSA) is 81.8 Å². The van der Waals surface area contributed by atoms with Crippen molar-refractivity contribution in [1.82, 2.24) is 14.5 Å². The van der Waals surface area contributed by atoms with Gasteiger partial charge in [0.2, 0.25) is 0 Å². The third-order valence-electron chi connectivity index (χ3n) is 4.85. The number of anilines is 1. The standard InChI is InChI=1S/C18H24N4O3/c1-12-8-17(22-13(2)4-5-14(22)3)19-9-16(12)20-6-7-21(18(24)25)15(10-20)11-23/h4-5,8-9,15,23H,6-7,10-11H2,1-3H3,(H,24,25)/t15-/m1/s1. The smallest absolute Gasteiger partial charge is 0.407 e. The molecule has 0 bridgehead atoms. The third kappa shape index (κ3) is 3.19. The second-order valence-corrected chi connectivity index (χ2v) is 6.54. The molecule has 2 aromatic rings. The number of hydrogen-bond donors (Lipinski definition) is 2. The minimum absolute atomic E-state index is 0.185. The minimum Gasteiger partial charge on any atom is -0.465 e. The highest BCUT2D eigenvalue weighted by Gasteiger charge is 2.30. The summed E-state index contributed by atoms with van der Waals surface area (Å²) in [5.74, 6) is 0.879. The van der Waals surface area contributed by atoms with Gasteiger partial charge in [-0.15, -0.1) is 0 Å². The van der Waals surface area contributed by atoms with Gasteiger partial charge in [0.15, 0.2) is 0 Å². The van der Waals surface area contributed by atoms with Crippen molar-refractivity contribution in [3.05, 3.63) is 41.3 Å². The van der Waals surface area contributed by atoms with Crippen LogP contribution in [-0.2, 0) is 0 Å². The number of piperazine rings is 1. The fraction of sp³-hybridized carbons (Fsp3) is 0.444. The van der Waals surface area contributed by atoms with Crippen LogP contribution in [0.15, 0.2) is 24.4 Å². The van der Waals surface area contributed by atoms with Crippen molar-refractivity contribution in [1.29, 1.82) is 0 Å². The molecule has 1 saturated heterocycles. The zero-order chi connectivity index (χ0) is 18.1. The van der Waals surface area contributed by atoms with E-state index in [0.717, 1.165) is 28.5 Å². The summed E-state index contributed by atoms with van der Waals surface area (Å²) in [6, 6.07) is 5.76. The summed E-state index contributed by atoms with van der Waals surface area (Å²) in [6.45, 7) is 7.38. The highest BCUT2D eigenvalue weighted by atomic mass is 16.4. The molecule has 0 radical (unpaired) electrons. The van der Waals surface area contributed by atoms with Crippen LogP contribution < -0.4 is 4.90 Å². The van der Waals surface area contributed by atoms with Crippen molar-refractivity contribution in [2.45, 2.75) is 26.8 Å². The second kappa shape index (κ2) is 6.76. The number of amides is 1. The predicted molar refractivity (Wildman–Crippen MR) is 95.6 cm³/mol. The van der Waals surface area contributed by atoms with E-state index >= 15 is 0 Å². The Hall–Kier alpha value is -2.54. The van der Waals surface area contributed by atoms with E-state index in [0.29, 0.717) is 19.6 Å². The Bertz CT molecular complexity index is 767. The van der Waals surface area contributed by atoms with Crippen LogP contribution in [0.1, 0.15) is 17.0 Å². The normalized spacial score (nSPS) is 17.8. The Labute approximate surface area is 147 Å². The first-order valence-electron chi connectivity index (χ1n) is 8.39. The average molecular weight is 344 g/mol. The maximum absolute atomic E-state index is 11.3. The van der Waals surface area contributed by atoms with Crippen LogP contribution in [0.5, 0.6) is 0 Å². The fourth-order valence-electron chi connectivity index (χ4n) is 3.50. The molecular weight excluding hydrogens is 320 g/mol. The lowest BCUT2D eigenvalue weighted by Crippen LogP contribution is -2.56. The summed E-state index contributed by atoms with van der Waals surface area (Å²) in [4.78, 5) is 19.3. The van der Waals surface area contributed by atoms with E-state index in [-0.39, 0.29) is 6.61 Å². The van der Waals surface area contributed by atoms with Crippen LogP contribution in [0, 0.1) is 20.8 Å².